The first kappa shape index (κ1) is 10.2. The van der Waals surface area contributed by atoms with Gasteiger partial charge in [-0.05, 0) is 47.1 Å². The Morgan fingerprint density at radius 1 is 1.50 bits per heavy atom. The monoisotopic (exact) mass is 303 g/mol. The molecule has 1 aliphatic carbocycles. The maximum Gasteiger partial charge on any atom is 0.121 e. The van der Waals surface area contributed by atoms with Crippen molar-refractivity contribution in [3.63, 3.8) is 0 Å². The predicted molar refractivity (Wildman–Crippen MR) is 65.1 cm³/mol. The second-order valence-corrected chi connectivity index (χ2v) is 5.23. The van der Waals surface area contributed by atoms with Crippen LogP contribution in [0.4, 0.5) is 0 Å². The molecular weight excluding hydrogens is 289 g/mol. The van der Waals surface area contributed by atoms with E-state index in [-0.39, 0.29) is 6.04 Å². The molecule has 0 aromatic heterocycles. The second-order valence-electron chi connectivity index (χ2n) is 3.99. The van der Waals surface area contributed by atoms with Crippen LogP contribution >= 0.6 is 22.6 Å². The molecule has 0 amide bonds. The molecule has 14 heavy (non-hydrogen) atoms. The van der Waals surface area contributed by atoms with Crippen molar-refractivity contribution in [2.24, 2.45) is 11.7 Å². The van der Waals surface area contributed by atoms with Crippen molar-refractivity contribution >= 4 is 22.6 Å². The molecule has 1 saturated carbocycles. The molecule has 1 unspecified atom stereocenters. The predicted octanol–water partition coefficient (Wildman–Crippen LogP) is 2.80. The summed E-state index contributed by atoms with van der Waals surface area (Å²) < 4.78 is 1.04. The number of hydrogen-bond acceptors (Lipinski definition) is 2. The van der Waals surface area contributed by atoms with Crippen LogP contribution in [0.15, 0.2) is 18.2 Å². The number of rotatable bonds is 3. The topological polar surface area (TPSA) is 46.2 Å². The summed E-state index contributed by atoms with van der Waals surface area (Å²) in [7, 11) is 0. The summed E-state index contributed by atoms with van der Waals surface area (Å²) in [5.41, 5.74) is 6.91. The van der Waals surface area contributed by atoms with Crippen LogP contribution in [0.25, 0.3) is 0 Å². The van der Waals surface area contributed by atoms with Crippen molar-refractivity contribution in [2.45, 2.75) is 25.3 Å². The van der Waals surface area contributed by atoms with Crippen molar-refractivity contribution in [2.75, 3.05) is 0 Å². The summed E-state index contributed by atoms with van der Waals surface area (Å²) in [5.74, 6) is 1.13. The zero-order valence-corrected chi connectivity index (χ0v) is 10.1. The van der Waals surface area contributed by atoms with Crippen molar-refractivity contribution < 1.29 is 5.11 Å². The maximum absolute atomic E-state index is 9.71. The van der Waals surface area contributed by atoms with Gasteiger partial charge in [0.05, 0.1) is 0 Å². The Bertz CT molecular complexity index is 336. The summed E-state index contributed by atoms with van der Waals surface area (Å²) in [6.45, 7) is 0. The van der Waals surface area contributed by atoms with E-state index < -0.39 is 0 Å². The molecule has 0 bridgehead atoms. The highest BCUT2D eigenvalue weighted by Gasteiger charge is 2.25. The van der Waals surface area contributed by atoms with E-state index >= 15 is 0 Å². The fourth-order valence-electron chi connectivity index (χ4n) is 1.67. The summed E-state index contributed by atoms with van der Waals surface area (Å²) in [6.07, 6.45) is 3.62. The fraction of sp³-hybridized carbons (Fsp3) is 0.455. The third kappa shape index (κ3) is 2.39. The smallest absolute Gasteiger partial charge is 0.121 e. The van der Waals surface area contributed by atoms with Gasteiger partial charge in [0.1, 0.15) is 5.75 Å². The molecular formula is C11H14INO. The zero-order valence-electron chi connectivity index (χ0n) is 7.91. The largest absolute Gasteiger partial charge is 0.508 e. The number of phenols is 1. The first-order valence-electron chi connectivity index (χ1n) is 4.91. The number of aromatic hydroxyl groups is 1. The van der Waals surface area contributed by atoms with E-state index in [9.17, 15) is 5.11 Å². The Morgan fingerprint density at radius 2 is 2.21 bits per heavy atom. The highest BCUT2D eigenvalue weighted by Crippen LogP contribution is 2.38. The first-order valence-corrected chi connectivity index (χ1v) is 5.98. The molecule has 0 spiro atoms. The molecule has 1 aromatic carbocycles. The minimum absolute atomic E-state index is 0.000463. The fourth-order valence-corrected chi connectivity index (χ4v) is 2.14. The van der Waals surface area contributed by atoms with Gasteiger partial charge in [0, 0.05) is 15.2 Å². The van der Waals surface area contributed by atoms with Gasteiger partial charge >= 0.3 is 0 Å². The van der Waals surface area contributed by atoms with Gasteiger partial charge in [-0.3, -0.25) is 0 Å². The van der Waals surface area contributed by atoms with E-state index in [0.29, 0.717) is 5.75 Å². The Morgan fingerprint density at radius 3 is 2.79 bits per heavy atom. The minimum Gasteiger partial charge on any atom is -0.508 e. The summed E-state index contributed by atoms with van der Waals surface area (Å²) >= 11 is 2.18. The normalized spacial score (nSPS) is 18.1. The molecule has 3 N–H and O–H groups in total. The molecule has 1 aliphatic rings. The summed E-state index contributed by atoms with van der Waals surface area (Å²) in [6, 6.07) is 5.69. The maximum atomic E-state index is 9.71. The van der Waals surface area contributed by atoms with Crippen LogP contribution < -0.4 is 5.73 Å². The van der Waals surface area contributed by atoms with Gasteiger partial charge < -0.3 is 10.8 Å². The molecule has 2 nitrogen and oxygen atoms in total. The summed E-state index contributed by atoms with van der Waals surface area (Å²) in [4.78, 5) is 0. The Hall–Kier alpha value is -0.290. The lowest BCUT2D eigenvalue weighted by Gasteiger charge is -2.13. The van der Waals surface area contributed by atoms with Gasteiger partial charge in [0.15, 0.2) is 0 Å². The van der Waals surface area contributed by atoms with Crippen LogP contribution in [0.2, 0.25) is 0 Å². The molecule has 0 saturated heterocycles. The third-order valence-corrected chi connectivity index (χ3v) is 3.35. The van der Waals surface area contributed by atoms with Crippen LogP contribution in [-0.2, 0) is 0 Å². The molecule has 76 valence electrons. The zero-order chi connectivity index (χ0) is 10.1. The molecule has 2 rings (SSSR count). The van der Waals surface area contributed by atoms with E-state index in [2.05, 4.69) is 22.6 Å². The average Bonchev–Trinajstić information content (AvgIpc) is 2.87. The van der Waals surface area contributed by atoms with Gasteiger partial charge in [0.25, 0.3) is 0 Å². The third-order valence-electron chi connectivity index (χ3n) is 2.68. The van der Waals surface area contributed by atoms with Crippen LogP contribution in [0.1, 0.15) is 30.9 Å². The molecule has 1 atom stereocenters. The lowest BCUT2D eigenvalue weighted by atomic mass is 10.0. The highest BCUT2D eigenvalue weighted by atomic mass is 127. The molecule has 0 heterocycles. The van der Waals surface area contributed by atoms with Gasteiger partial charge in [0.2, 0.25) is 0 Å². The average molecular weight is 303 g/mol. The Kier molecular flexibility index (Phi) is 2.97. The van der Waals surface area contributed by atoms with E-state index in [4.69, 9.17) is 5.73 Å². The molecule has 1 aromatic rings. The van der Waals surface area contributed by atoms with Crippen LogP contribution in [0, 0.1) is 9.49 Å². The van der Waals surface area contributed by atoms with E-state index in [1.54, 1.807) is 6.07 Å². The van der Waals surface area contributed by atoms with E-state index in [1.165, 1.54) is 12.8 Å². The van der Waals surface area contributed by atoms with E-state index in [1.807, 2.05) is 12.1 Å². The SMILES string of the molecule is NC(CC1CC1)c1ccc(I)cc1O. The van der Waals surface area contributed by atoms with Gasteiger partial charge in [-0.25, -0.2) is 0 Å². The molecule has 3 heteroatoms. The van der Waals surface area contributed by atoms with Crippen LogP contribution in [0.5, 0.6) is 5.75 Å². The van der Waals surface area contributed by atoms with Crippen molar-refractivity contribution in [1.82, 2.24) is 0 Å². The molecule has 0 aliphatic heterocycles. The number of phenolic OH excluding ortho intramolecular Hbond substituents is 1. The van der Waals surface area contributed by atoms with Gasteiger partial charge in [-0.2, -0.15) is 0 Å². The van der Waals surface area contributed by atoms with Crippen LogP contribution in [-0.4, -0.2) is 5.11 Å². The number of benzene rings is 1. The second kappa shape index (κ2) is 4.06. The highest BCUT2D eigenvalue weighted by molar-refractivity contribution is 14.1. The van der Waals surface area contributed by atoms with Gasteiger partial charge in [-0.1, -0.05) is 18.9 Å². The lowest BCUT2D eigenvalue weighted by Crippen LogP contribution is -2.11. The first-order chi connectivity index (χ1) is 6.66. The van der Waals surface area contributed by atoms with E-state index in [0.717, 1.165) is 21.5 Å². The van der Waals surface area contributed by atoms with Crippen molar-refractivity contribution in [1.29, 1.82) is 0 Å². The molecule has 0 radical (unpaired) electrons. The number of hydrogen-bond donors (Lipinski definition) is 2. The quantitative estimate of drug-likeness (QED) is 0.844. The summed E-state index contributed by atoms with van der Waals surface area (Å²) in [5, 5.41) is 9.71. The van der Waals surface area contributed by atoms with Crippen molar-refractivity contribution in [3.8, 4) is 5.75 Å². The minimum atomic E-state index is -0.000463. The lowest BCUT2D eigenvalue weighted by molar-refractivity contribution is 0.455. The van der Waals surface area contributed by atoms with Gasteiger partial charge in [-0.15, -0.1) is 0 Å². The Balaban J connectivity index is 2.13. The van der Waals surface area contributed by atoms with Crippen LogP contribution in [0.3, 0.4) is 0 Å². The van der Waals surface area contributed by atoms with Crippen molar-refractivity contribution in [3.05, 3.63) is 27.3 Å². The standard InChI is InChI=1S/C11H14INO/c12-8-3-4-9(11(14)6-8)10(13)5-7-1-2-7/h3-4,6-7,10,14H,1-2,5,13H2. The number of halogens is 1. The number of nitrogens with two attached hydrogens (primary N) is 1. The molecule has 1 fully saturated rings. The Labute approximate surface area is 97.6 Å².